The lowest BCUT2D eigenvalue weighted by molar-refractivity contribution is 0.146. The average Bonchev–Trinajstić information content (AvgIpc) is 2.48. The molecule has 0 bridgehead atoms. The highest BCUT2D eigenvalue weighted by molar-refractivity contribution is 5.39. The van der Waals surface area contributed by atoms with Crippen LogP contribution in [-0.2, 0) is 6.42 Å². The number of alkyl halides is 2. The number of fused-ring (bicyclic) bond motifs is 1. The second-order valence-electron chi connectivity index (χ2n) is 3.49. The molecule has 0 spiro atoms. The summed E-state index contributed by atoms with van der Waals surface area (Å²) in [5.41, 5.74) is 6.13. The lowest BCUT2D eigenvalue weighted by atomic mass is 10.0. The lowest BCUT2D eigenvalue weighted by Gasteiger charge is -2.09. The van der Waals surface area contributed by atoms with Crippen LogP contribution in [0.3, 0.4) is 0 Å². The van der Waals surface area contributed by atoms with Crippen LogP contribution in [0, 0.1) is 5.82 Å². The predicted molar refractivity (Wildman–Crippen MR) is 46.6 cm³/mol. The number of hydrogen-bond acceptors (Lipinski definition) is 1. The van der Waals surface area contributed by atoms with Gasteiger partial charge in [-0.3, -0.25) is 0 Å². The normalized spacial score (nSPS) is 20.2. The summed E-state index contributed by atoms with van der Waals surface area (Å²) in [5, 5.41) is 0. The van der Waals surface area contributed by atoms with Gasteiger partial charge in [-0.15, -0.1) is 0 Å². The minimum absolute atomic E-state index is 0.280. The highest BCUT2D eigenvalue weighted by atomic mass is 19.3. The van der Waals surface area contributed by atoms with E-state index < -0.39 is 23.8 Å². The highest BCUT2D eigenvalue weighted by Gasteiger charge is 2.26. The van der Waals surface area contributed by atoms with E-state index in [1.807, 2.05) is 0 Å². The molecule has 1 aromatic carbocycles. The molecule has 1 aliphatic carbocycles. The van der Waals surface area contributed by atoms with Crippen molar-refractivity contribution < 1.29 is 13.2 Å². The van der Waals surface area contributed by atoms with Crippen molar-refractivity contribution in [3.63, 3.8) is 0 Å². The number of nitrogens with two attached hydrogens (primary N) is 1. The zero-order chi connectivity index (χ0) is 10.3. The van der Waals surface area contributed by atoms with Crippen LogP contribution >= 0.6 is 0 Å². The summed E-state index contributed by atoms with van der Waals surface area (Å²) in [4.78, 5) is 0. The zero-order valence-electron chi connectivity index (χ0n) is 7.43. The van der Waals surface area contributed by atoms with E-state index in [2.05, 4.69) is 0 Å². The standard InChI is InChI=1S/C10H10F3N/c11-9-6(10(12)13)3-1-5-2-4-7(14)8(5)9/h1,3,7,10H,2,4,14H2. The molecule has 0 radical (unpaired) electrons. The molecule has 0 fully saturated rings. The molecule has 1 aromatic rings. The Labute approximate surface area is 79.7 Å². The molecule has 1 atom stereocenters. The van der Waals surface area contributed by atoms with Crippen molar-refractivity contribution in [2.75, 3.05) is 0 Å². The summed E-state index contributed by atoms with van der Waals surface area (Å²) in [6.45, 7) is 0. The maximum atomic E-state index is 13.5. The van der Waals surface area contributed by atoms with Crippen molar-refractivity contribution in [2.24, 2.45) is 5.73 Å². The summed E-state index contributed by atoms with van der Waals surface area (Å²) in [5.74, 6) is -0.817. The molecule has 0 saturated carbocycles. The first-order chi connectivity index (χ1) is 6.61. The monoisotopic (exact) mass is 201 g/mol. The SMILES string of the molecule is NC1CCc2ccc(C(F)F)c(F)c21. The van der Waals surface area contributed by atoms with E-state index in [1.165, 1.54) is 0 Å². The third kappa shape index (κ3) is 1.30. The Morgan fingerprint density at radius 2 is 2.07 bits per heavy atom. The van der Waals surface area contributed by atoms with Crippen molar-refractivity contribution in [3.8, 4) is 0 Å². The van der Waals surface area contributed by atoms with Crippen molar-refractivity contribution in [1.29, 1.82) is 0 Å². The number of halogens is 3. The summed E-state index contributed by atoms with van der Waals surface area (Å²) in [7, 11) is 0. The van der Waals surface area contributed by atoms with Crippen molar-refractivity contribution in [2.45, 2.75) is 25.3 Å². The topological polar surface area (TPSA) is 26.0 Å². The van der Waals surface area contributed by atoms with E-state index in [-0.39, 0.29) is 5.56 Å². The minimum Gasteiger partial charge on any atom is -0.324 e. The van der Waals surface area contributed by atoms with Gasteiger partial charge in [0.05, 0.1) is 5.56 Å². The fourth-order valence-corrected chi connectivity index (χ4v) is 1.89. The molecule has 2 rings (SSSR count). The summed E-state index contributed by atoms with van der Waals surface area (Å²) in [6.07, 6.45) is -1.45. The third-order valence-corrected chi connectivity index (χ3v) is 2.63. The first kappa shape index (κ1) is 9.52. The van der Waals surface area contributed by atoms with E-state index in [1.54, 1.807) is 6.07 Å². The first-order valence-corrected chi connectivity index (χ1v) is 4.46. The van der Waals surface area contributed by atoms with Gasteiger partial charge in [0, 0.05) is 11.6 Å². The summed E-state index contributed by atoms with van der Waals surface area (Å²) >= 11 is 0. The molecule has 0 aliphatic heterocycles. The molecule has 0 amide bonds. The van der Waals surface area contributed by atoms with Gasteiger partial charge in [0.1, 0.15) is 5.82 Å². The van der Waals surface area contributed by atoms with Crippen LogP contribution in [0.5, 0.6) is 0 Å². The van der Waals surface area contributed by atoms with Crippen LogP contribution in [0.4, 0.5) is 13.2 Å². The van der Waals surface area contributed by atoms with Gasteiger partial charge >= 0.3 is 0 Å². The van der Waals surface area contributed by atoms with Gasteiger partial charge in [-0.1, -0.05) is 12.1 Å². The molecule has 2 N–H and O–H groups in total. The van der Waals surface area contributed by atoms with Crippen molar-refractivity contribution in [1.82, 2.24) is 0 Å². The molecule has 4 heteroatoms. The maximum Gasteiger partial charge on any atom is 0.266 e. The Kier molecular flexibility index (Phi) is 2.23. The Bertz CT molecular complexity index is 363. The predicted octanol–water partition coefficient (Wildman–Crippen LogP) is 2.71. The van der Waals surface area contributed by atoms with E-state index in [9.17, 15) is 13.2 Å². The molecule has 1 nitrogen and oxygen atoms in total. The second kappa shape index (κ2) is 3.28. The van der Waals surface area contributed by atoms with Crippen LogP contribution in [0.25, 0.3) is 0 Å². The van der Waals surface area contributed by atoms with E-state index in [4.69, 9.17) is 5.73 Å². The van der Waals surface area contributed by atoms with Crippen molar-refractivity contribution >= 4 is 0 Å². The van der Waals surface area contributed by atoms with Gasteiger partial charge in [-0.05, 0) is 18.4 Å². The molecule has 0 heterocycles. The Hall–Kier alpha value is -1.03. The maximum absolute atomic E-state index is 13.5. The Balaban J connectivity index is 2.56. The van der Waals surface area contributed by atoms with E-state index >= 15 is 0 Å². The van der Waals surface area contributed by atoms with Gasteiger partial charge < -0.3 is 5.73 Å². The van der Waals surface area contributed by atoms with E-state index in [0.717, 1.165) is 11.6 Å². The molecule has 0 aromatic heterocycles. The van der Waals surface area contributed by atoms with Gasteiger partial charge in [0.15, 0.2) is 0 Å². The zero-order valence-corrected chi connectivity index (χ0v) is 7.43. The Morgan fingerprint density at radius 1 is 1.36 bits per heavy atom. The Morgan fingerprint density at radius 3 is 2.71 bits per heavy atom. The van der Waals surface area contributed by atoms with Gasteiger partial charge in [-0.2, -0.15) is 0 Å². The number of aryl methyl sites for hydroxylation is 1. The molecule has 76 valence electrons. The van der Waals surface area contributed by atoms with Crippen LogP contribution in [0.1, 0.15) is 35.6 Å². The van der Waals surface area contributed by atoms with Gasteiger partial charge in [0.25, 0.3) is 6.43 Å². The number of rotatable bonds is 1. The fraction of sp³-hybridized carbons (Fsp3) is 0.400. The third-order valence-electron chi connectivity index (χ3n) is 2.63. The quantitative estimate of drug-likeness (QED) is 0.742. The van der Waals surface area contributed by atoms with E-state index in [0.29, 0.717) is 12.8 Å². The molecule has 1 unspecified atom stereocenters. The molecule has 14 heavy (non-hydrogen) atoms. The first-order valence-electron chi connectivity index (χ1n) is 4.46. The number of hydrogen-bond donors (Lipinski definition) is 1. The molecular weight excluding hydrogens is 191 g/mol. The smallest absolute Gasteiger partial charge is 0.266 e. The highest BCUT2D eigenvalue weighted by Crippen LogP contribution is 2.35. The van der Waals surface area contributed by atoms with Crippen LogP contribution in [0.2, 0.25) is 0 Å². The van der Waals surface area contributed by atoms with Gasteiger partial charge in [-0.25, -0.2) is 13.2 Å². The van der Waals surface area contributed by atoms with Crippen LogP contribution in [0.15, 0.2) is 12.1 Å². The molecule has 1 aliphatic rings. The molecule has 0 saturated heterocycles. The summed E-state index contributed by atoms with van der Waals surface area (Å²) in [6, 6.07) is 2.27. The molecular formula is C10H10F3N. The minimum atomic E-state index is -2.77. The second-order valence-corrected chi connectivity index (χ2v) is 3.49. The number of benzene rings is 1. The largest absolute Gasteiger partial charge is 0.324 e. The lowest BCUT2D eigenvalue weighted by Crippen LogP contribution is -2.09. The summed E-state index contributed by atoms with van der Waals surface area (Å²) < 4.78 is 38.2. The van der Waals surface area contributed by atoms with Crippen molar-refractivity contribution in [3.05, 3.63) is 34.6 Å². The average molecular weight is 201 g/mol. The van der Waals surface area contributed by atoms with Crippen LogP contribution < -0.4 is 5.73 Å². The van der Waals surface area contributed by atoms with Gasteiger partial charge in [0.2, 0.25) is 0 Å². The fourth-order valence-electron chi connectivity index (χ4n) is 1.89. The van der Waals surface area contributed by atoms with Crippen LogP contribution in [-0.4, -0.2) is 0 Å².